The van der Waals surface area contributed by atoms with Crippen LogP contribution in [0.4, 0.5) is 11.4 Å². The highest BCUT2D eigenvalue weighted by Crippen LogP contribution is 2.34. The van der Waals surface area contributed by atoms with Crippen molar-refractivity contribution >= 4 is 27.3 Å². The molecule has 160 valence electrons. The smallest absolute Gasteiger partial charge is 0.264 e. The summed E-state index contributed by atoms with van der Waals surface area (Å²) < 4.78 is 33.0. The number of nitrogens with zero attached hydrogens (tertiary/aromatic N) is 1. The van der Waals surface area contributed by atoms with Crippen LogP contribution in [0.25, 0.3) is 0 Å². The molecule has 0 radical (unpaired) electrons. The van der Waals surface area contributed by atoms with Crippen LogP contribution in [0.5, 0.6) is 5.75 Å². The Morgan fingerprint density at radius 2 is 1.71 bits per heavy atom. The molecule has 4 rings (SSSR count). The first-order valence-corrected chi connectivity index (χ1v) is 11.5. The van der Waals surface area contributed by atoms with Crippen molar-refractivity contribution in [2.45, 2.75) is 24.7 Å². The minimum absolute atomic E-state index is 0.196. The average molecular weight is 437 g/mol. The Bertz CT molecular complexity index is 1200. The molecule has 3 aromatic rings. The van der Waals surface area contributed by atoms with Gasteiger partial charge < -0.3 is 10.1 Å². The second-order valence-electron chi connectivity index (χ2n) is 7.52. The highest BCUT2D eigenvalue weighted by atomic mass is 32.2. The fourth-order valence-corrected chi connectivity index (χ4v) is 5.21. The van der Waals surface area contributed by atoms with E-state index in [-0.39, 0.29) is 10.8 Å². The monoisotopic (exact) mass is 436 g/mol. The molecule has 6 nitrogen and oxygen atoms in total. The molecule has 0 atom stereocenters. The van der Waals surface area contributed by atoms with Gasteiger partial charge >= 0.3 is 0 Å². The number of amides is 1. The normalized spacial score (nSPS) is 13.4. The average Bonchev–Trinajstić information content (AvgIpc) is 2.79. The standard InChI is InChI=1S/C24H24N2O4S/c1-17-5-7-18(8-6-17)24(27)25-20-9-14-23-19(16-20)4-3-15-26(23)31(28,29)22-12-10-21(30-2)11-13-22/h5-14,16H,3-4,15H2,1-2H3,(H,25,27). The number of fused-ring (bicyclic) bond motifs is 1. The number of benzene rings is 3. The maximum atomic E-state index is 13.2. The van der Waals surface area contributed by atoms with Crippen molar-refractivity contribution in [3.63, 3.8) is 0 Å². The quantitative estimate of drug-likeness (QED) is 0.643. The minimum Gasteiger partial charge on any atom is -0.497 e. The van der Waals surface area contributed by atoms with E-state index in [1.54, 1.807) is 55.6 Å². The van der Waals surface area contributed by atoms with Crippen molar-refractivity contribution in [2.75, 3.05) is 23.3 Å². The molecular weight excluding hydrogens is 412 g/mol. The predicted molar refractivity (Wildman–Crippen MR) is 121 cm³/mol. The second kappa shape index (κ2) is 8.43. The molecule has 0 saturated carbocycles. The Labute approximate surface area is 182 Å². The Hall–Kier alpha value is -3.32. The van der Waals surface area contributed by atoms with Crippen LogP contribution in [-0.4, -0.2) is 28.0 Å². The van der Waals surface area contributed by atoms with Gasteiger partial charge in [-0.05, 0) is 79.9 Å². The van der Waals surface area contributed by atoms with Crippen molar-refractivity contribution in [3.05, 3.63) is 83.4 Å². The molecule has 31 heavy (non-hydrogen) atoms. The number of rotatable bonds is 5. The van der Waals surface area contributed by atoms with Gasteiger partial charge in [0.25, 0.3) is 15.9 Å². The van der Waals surface area contributed by atoms with Gasteiger partial charge in [0.05, 0.1) is 17.7 Å². The van der Waals surface area contributed by atoms with Crippen LogP contribution in [0, 0.1) is 6.92 Å². The van der Waals surface area contributed by atoms with Gasteiger partial charge in [0.1, 0.15) is 5.75 Å². The number of hydrogen-bond donors (Lipinski definition) is 1. The molecule has 1 amide bonds. The van der Waals surface area contributed by atoms with Crippen molar-refractivity contribution in [2.24, 2.45) is 0 Å². The number of aryl methyl sites for hydroxylation is 2. The zero-order valence-corrected chi connectivity index (χ0v) is 18.3. The first-order chi connectivity index (χ1) is 14.9. The molecule has 1 aliphatic rings. The first-order valence-electron chi connectivity index (χ1n) is 10.1. The highest BCUT2D eigenvalue weighted by molar-refractivity contribution is 7.92. The molecule has 1 heterocycles. The summed E-state index contributed by atoms with van der Waals surface area (Å²) in [7, 11) is -2.15. The maximum Gasteiger partial charge on any atom is 0.264 e. The lowest BCUT2D eigenvalue weighted by Gasteiger charge is -2.31. The van der Waals surface area contributed by atoms with Crippen molar-refractivity contribution in [1.82, 2.24) is 0 Å². The lowest BCUT2D eigenvalue weighted by atomic mass is 10.0. The molecule has 0 bridgehead atoms. The summed E-state index contributed by atoms with van der Waals surface area (Å²) in [6.45, 7) is 2.38. The molecule has 0 aromatic heterocycles. The molecule has 3 aromatic carbocycles. The number of hydrogen-bond acceptors (Lipinski definition) is 4. The van der Waals surface area contributed by atoms with Gasteiger partial charge in [0, 0.05) is 17.8 Å². The Balaban J connectivity index is 1.59. The van der Waals surface area contributed by atoms with E-state index in [2.05, 4.69) is 5.32 Å². The highest BCUT2D eigenvalue weighted by Gasteiger charge is 2.29. The van der Waals surface area contributed by atoms with E-state index >= 15 is 0 Å². The van der Waals surface area contributed by atoms with E-state index in [4.69, 9.17) is 4.74 Å². The molecule has 0 saturated heterocycles. The van der Waals surface area contributed by atoms with Crippen LogP contribution in [0.15, 0.2) is 71.6 Å². The molecule has 1 N–H and O–H groups in total. The van der Waals surface area contributed by atoms with Crippen LogP contribution in [-0.2, 0) is 16.4 Å². The number of sulfonamides is 1. The van der Waals surface area contributed by atoms with E-state index in [9.17, 15) is 13.2 Å². The van der Waals surface area contributed by atoms with E-state index in [1.165, 1.54) is 4.31 Å². The van der Waals surface area contributed by atoms with Gasteiger partial charge in [-0.15, -0.1) is 0 Å². The molecule has 7 heteroatoms. The van der Waals surface area contributed by atoms with E-state index < -0.39 is 10.0 Å². The zero-order chi connectivity index (χ0) is 22.0. The SMILES string of the molecule is COc1ccc(S(=O)(=O)N2CCCc3cc(NC(=O)c4ccc(C)cc4)ccc32)cc1. The van der Waals surface area contributed by atoms with Crippen LogP contribution in [0.3, 0.4) is 0 Å². The molecule has 1 aliphatic heterocycles. The van der Waals surface area contributed by atoms with Crippen molar-refractivity contribution < 1.29 is 17.9 Å². The summed E-state index contributed by atoms with van der Waals surface area (Å²) >= 11 is 0. The summed E-state index contributed by atoms with van der Waals surface area (Å²) in [5.41, 5.74) is 3.85. The van der Waals surface area contributed by atoms with Crippen LogP contribution < -0.4 is 14.4 Å². The topological polar surface area (TPSA) is 75.7 Å². The predicted octanol–water partition coefficient (Wildman–Crippen LogP) is 4.40. The summed E-state index contributed by atoms with van der Waals surface area (Å²) in [6.07, 6.45) is 1.45. The van der Waals surface area contributed by atoms with Crippen LogP contribution in [0.2, 0.25) is 0 Å². The number of ether oxygens (including phenoxy) is 1. The molecular formula is C24H24N2O4S. The fraction of sp³-hybridized carbons (Fsp3) is 0.208. The largest absolute Gasteiger partial charge is 0.497 e. The molecule has 0 unspecified atom stereocenters. The van der Waals surface area contributed by atoms with Gasteiger partial charge in [0.15, 0.2) is 0 Å². The molecule has 0 fully saturated rings. The third-order valence-corrected chi connectivity index (χ3v) is 7.20. The summed E-state index contributed by atoms with van der Waals surface area (Å²) in [4.78, 5) is 12.7. The van der Waals surface area contributed by atoms with Gasteiger partial charge in [0.2, 0.25) is 0 Å². The molecule has 0 aliphatic carbocycles. The van der Waals surface area contributed by atoms with Gasteiger partial charge in [-0.2, -0.15) is 0 Å². The first kappa shape index (κ1) is 20.9. The number of carbonyl (C=O) groups is 1. The third kappa shape index (κ3) is 4.27. The van der Waals surface area contributed by atoms with Gasteiger partial charge in [-0.1, -0.05) is 17.7 Å². The summed E-state index contributed by atoms with van der Waals surface area (Å²) in [5.74, 6) is 0.408. The number of methoxy groups -OCH3 is 1. The van der Waals surface area contributed by atoms with E-state index in [0.717, 1.165) is 17.5 Å². The number of nitrogens with one attached hydrogen (secondary N) is 1. The van der Waals surface area contributed by atoms with Gasteiger partial charge in [-0.25, -0.2) is 8.42 Å². The van der Waals surface area contributed by atoms with Crippen molar-refractivity contribution in [3.8, 4) is 5.75 Å². The number of anilines is 2. The lowest BCUT2D eigenvalue weighted by molar-refractivity contribution is 0.102. The number of carbonyl (C=O) groups excluding carboxylic acids is 1. The maximum absolute atomic E-state index is 13.2. The lowest BCUT2D eigenvalue weighted by Crippen LogP contribution is -2.35. The summed E-state index contributed by atoms with van der Waals surface area (Å²) in [5, 5.41) is 2.90. The molecule has 0 spiro atoms. The van der Waals surface area contributed by atoms with Crippen molar-refractivity contribution in [1.29, 1.82) is 0 Å². The van der Waals surface area contributed by atoms with Crippen LogP contribution in [0.1, 0.15) is 27.9 Å². The fourth-order valence-electron chi connectivity index (χ4n) is 3.67. The third-order valence-electron chi connectivity index (χ3n) is 5.37. The van der Waals surface area contributed by atoms with E-state index in [1.807, 2.05) is 25.1 Å². The summed E-state index contributed by atoms with van der Waals surface area (Å²) in [6, 6.07) is 19.1. The van der Waals surface area contributed by atoms with Crippen LogP contribution >= 0.6 is 0 Å². The Kier molecular flexibility index (Phi) is 5.69. The van der Waals surface area contributed by atoms with Gasteiger partial charge in [-0.3, -0.25) is 9.10 Å². The Morgan fingerprint density at radius 3 is 2.39 bits per heavy atom. The second-order valence-corrected chi connectivity index (χ2v) is 9.38. The zero-order valence-electron chi connectivity index (χ0n) is 17.5. The Morgan fingerprint density at radius 1 is 1.00 bits per heavy atom. The van der Waals surface area contributed by atoms with E-state index in [0.29, 0.717) is 35.7 Å². The minimum atomic E-state index is -3.69.